The van der Waals surface area contributed by atoms with Gasteiger partial charge in [-0.05, 0) is 44.5 Å². The van der Waals surface area contributed by atoms with Crippen LogP contribution in [0.2, 0.25) is 0 Å². The first-order valence-corrected chi connectivity index (χ1v) is 19.2. The average Bonchev–Trinajstić information content (AvgIpc) is 3.10. The Morgan fingerprint density at radius 1 is 0.949 bits per heavy atom. The van der Waals surface area contributed by atoms with Crippen molar-refractivity contribution in [2.24, 2.45) is 0 Å². The molecule has 0 aliphatic carbocycles. The molecule has 3 aromatic rings. The molecule has 1 N–H and O–H groups in total. The number of ether oxygens (including phenoxy) is 1. The molecule has 0 saturated carbocycles. The van der Waals surface area contributed by atoms with E-state index in [2.05, 4.69) is 104 Å². The van der Waals surface area contributed by atoms with Gasteiger partial charge in [-0.3, -0.25) is 0 Å². The van der Waals surface area contributed by atoms with E-state index in [9.17, 15) is 0 Å². The third-order valence-electron chi connectivity index (χ3n) is 6.81. The number of rotatable bonds is 7. The Morgan fingerprint density at radius 2 is 1.54 bits per heavy atom. The van der Waals surface area contributed by atoms with E-state index in [0.29, 0.717) is 0 Å². The minimum absolute atomic E-state index is 0.179. The zero-order chi connectivity index (χ0) is 28.8. The average molecular weight is 658 g/mol. The van der Waals surface area contributed by atoms with Gasteiger partial charge in [0.15, 0.2) is 0 Å². The van der Waals surface area contributed by atoms with Gasteiger partial charge in [-0.1, -0.05) is 32.0 Å². The number of hydrogen-bond donors (Lipinski definition) is 0. The van der Waals surface area contributed by atoms with Crippen molar-refractivity contribution in [3.63, 3.8) is 0 Å². The maximum Gasteiger partial charge on any atom is 0.0763 e. The van der Waals surface area contributed by atoms with Crippen molar-refractivity contribution in [3.05, 3.63) is 90.1 Å². The van der Waals surface area contributed by atoms with Crippen LogP contribution in [0.15, 0.2) is 66.7 Å². The predicted molar refractivity (Wildman–Crippen MR) is 169 cm³/mol. The predicted octanol–water partition coefficient (Wildman–Crippen LogP) is 8.69. The minimum atomic E-state index is -1.87. The van der Waals surface area contributed by atoms with E-state index in [-0.39, 0.29) is 11.6 Å². The Balaban J connectivity index is 0.000000216. The fourth-order valence-electron chi connectivity index (χ4n) is 5.45. The number of aryl methyl sites for hydroxylation is 2. The monoisotopic (exact) mass is 657 g/mol. The van der Waals surface area contributed by atoms with Crippen LogP contribution in [0.4, 0.5) is 5.69 Å². The number of benzene rings is 3. The summed E-state index contributed by atoms with van der Waals surface area (Å²) >= 11 is -1.87. The first-order valence-electron chi connectivity index (χ1n) is 13.7. The maximum absolute atomic E-state index is 6.03. The second kappa shape index (κ2) is 13.8. The molecule has 3 nitrogen and oxygen atoms in total. The third kappa shape index (κ3) is 8.40. The third-order valence-corrected chi connectivity index (χ3v) is 8.64. The summed E-state index contributed by atoms with van der Waals surface area (Å²) in [5, 5.41) is 0. The number of halogens is 2. The van der Waals surface area contributed by atoms with Crippen molar-refractivity contribution in [1.82, 2.24) is 0 Å². The molecule has 1 saturated heterocycles. The summed E-state index contributed by atoms with van der Waals surface area (Å²) in [7, 11) is 16.6. The number of para-hydroxylation sites is 2. The largest absolute Gasteiger partial charge is 0.460 e. The van der Waals surface area contributed by atoms with Crippen molar-refractivity contribution in [1.29, 1.82) is 0 Å². The molecule has 1 fully saturated rings. The molecule has 1 heterocycles. The molecule has 3 aromatic carbocycles. The van der Waals surface area contributed by atoms with Crippen LogP contribution in [0.1, 0.15) is 58.2 Å². The van der Waals surface area contributed by atoms with Gasteiger partial charge in [0.1, 0.15) is 0 Å². The van der Waals surface area contributed by atoms with Gasteiger partial charge in [-0.2, -0.15) is 0 Å². The zero-order valence-corrected chi connectivity index (χ0v) is 27.9. The van der Waals surface area contributed by atoms with Crippen LogP contribution >= 0.6 is 19.4 Å². The Morgan fingerprint density at radius 3 is 2.03 bits per heavy atom. The van der Waals surface area contributed by atoms with E-state index in [1.54, 1.807) is 0 Å². The summed E-state index contributed by atoms with van der Waals surface area (Å²) in [5.74, 6) is 0.980. The summed E-state index contributed by atoms with van der Waals surface area (Å²) in [6, 6.07) is 23.2. The molecular formula is C33H45Cl2N2ORu+. The summed E-state index contributed by atoms with van der Waals surface area (Å²) in [6.07, 6.45) is 2.41. The number of likely N-dealkylation sites (N-methyl/N-ethyl adjacent to an activating group) is 1. The minimum Gasteiger partial charge on any atom is -0.460 e. The van der Waals surface area contributed by atoms with Gasteiger partial charge in [-0.25, -0.2) is 0 Å². The fourth-order valence-corrected chi connectivity index (χ4v) is 7.24. The van der Waals surface area contributed by atoms with E-state index >= 15 is 0 Å². The Kier molecular flexibility index (Phi) is 11.2. The quantitative estimate of drug-likeness (QED) is 0.108. The molecule has 0 bridgehead atoms. The van der Waals surface area contributed by atoms with Gasteiger partial charge < -0.3 is 9.38 Å². The van der Waals surface area contributed by atoms with Crippen LogP contribution in [-0.4, -0.2) is 46.1 Å². The molecule has 39 heavy (non-hydrogen) atoms. The molecule has 0 aromatic heterocycles. The molecule has 0 unspecified atom stereocenters. The van der Waals surface area contributed by atoms with E-state index in [1.807, 2.05) is 34.9 Å². The van der Waals surface area contributed by atoms with E-state index in [1.165, 1.54) is 16.8 Å². The number of aliphatic hydroxyl groups is 1. The van der Waals surface area contributed by atoms with Crippen molar-refractivity contribution in [3.8, 4) is 16.9 Å². The van der Waals surface area contributed by atoms with E-state index in [0.717, 1.165) is 46.3 Å². The molecule has 4 rings (SSSR count). The van der Waals surface area contributed by atoms with Crippen molar-refractivity contribution in [2.45, 2.75) is 66.0 Å². The first kappa shape index (κ1) is 31.8. The normalized spacial score (nSPS) is 16.0. The number of nitrogens with zero attached hydrogens (tertiary/aromatic N) is 2. The molecule has 0 amide bonds. The van der Waals surface area contributed by atoms with Crippen molar-refractivity contribution < 1.29 is 22.7 Å². The summed E-state index contributed by atoms with van der Waals surface area (Å²) < 4.78 is 7.68. The zero-order valence-electron chi connectivity index (χ0n) is 24.7. The second-order valence-electron chi connectivity index (χ2n) is 11.5. The van der Waals surface area contributed by atoms with E-state index < -0.39 is 13.5 Å². The number of anilines is 1. The molecule has 0 radical (unpaired) electrons. The van der Waals surface area contributed by atoms with Gasteiger partial charge in [-0.15, -0.1) is 0 Å². The van der Waals surface area contributed by atoms with Crippen molar-refractivity contribution >= 4 is 29.7 Å². The first-order chi connectivity index (χ1) is 18.4. The number of hydrogen-bond acceptors (Lipinski definition) is 1. The molecule has 0 spiro atoms. The van der Waals surface area contributed by atoms with Gasteiger partial charge in [0.2, 0.25) is 0 Å². The van der Waals surface area contributed by atoms with Crippen molar-refractivity contribution in [2.75, 3.05) is 25.5 Å². The molecule has 214 valence electrons. The SMILES string of the molecule is CC(C)[OH+]c1c([CH]=[Ru]([Cl])[Cl])cccc1-c1ccccc1.CCc1cccc(CC)c1N1[CH-][N+](C)(C)CC1(C)C. The van der Waals surface area contributed by atoms with Gasteiger partial charge in [0.05, 0.1) is 12.1 Å². The van der Waals surface area contributed by atoms with Crippen LogP contribution in [-0.2, 0) is 26.4 Å². The summed E-state index contributed by atoms with van der Waals surface area (Å²) in [6.45, 7) is 16.9. The Bertz CT molecular complexity index is 1250. The molecular weight excluding hydrogens is 612 g/mol. The molecule has 1 aliphatic heterocycles. The number of quaternary nitrogens is 1. The fraction of sp³-hybridized carbons (Fsp3) is 0.394. The van der Waals surface area contributed by atoms with Crippen LogP contribution < -0.4 is 4.90 Å². The van der Waals surface area contributed by atoms with Crippen LogP contribution in [0.3, 0.4) is 0 Å². The van der Waals surface area contributed by atoms with Crippen LogP contribution in [0.25, 0.3) is 11.1 Å². The molecule has 1 aliphatic rings. The maximum atomic E-state index is 6.03. The number of aromatic hydroxyl groups is 1. The van der Waals surface area contributed by atoms with Gasteiger partial charge in [0.25, 0.3) is 0 Å². The molecule has 0 atom stereocenters. The molecule has 6 heteroatoms. The Hall–Kier alpha value is -1.71. The van der Waals surface area contributed by atoms with Gasteiger partial charge in [0, 0.05) is 19.8 Å². The van der Waals surface area contributed by atoms with Crippen LogP contribution in [0.5, 0.6) is 5.75 Å². The topological polar surface area (TPSA) is 16.0 Å². The van der Waals surface area contributed by atoms with Gasteiger partial charge >= 0.3 is 133 Å². The standard InChI is InChI=1S/C17H28N2.C16H16O.2ClH.Ru/c1-7-14-10-9-11-15(8-2)16(14)18-13-19(5,6)12-17(18,3)4;1-12(2)17-16-13(3)8-7-11-15(16)14-9-5-4-6-10-14;;;/h9-11,13H,7-8,12H2,1-6H3;3-12H,1-2H3;2*1H;/q;;;;+2/p-1. The summed E-state index contributed by atoms with van der Waals surface area (Å²) in [5.41, 5.74) is 7.86. The smallest absolute Gasteiger partial charge is 0.0763 e. The van der Waals surface area contributed by atoms with E-state index in [4.69, 9.17) is 24.1 Å². The second-order valence-corrected chi connectivity index (χ2v) is 17.2. The van der Waals surface area contributed by atoms with Crippen LogP contribution in [0, 0.1) is 6.67 Å². The Labute approximate surface area is 249 Å². The summed E-state index contributed by atoms with van der Waals surface area (Å²) in [4.78, 5) is 2.52.